The molecular formula is C16H12F3NO2. The lowest BCUT2D eigenvalue weighted by Crippen LogP contribution is -2.42. The number of alkyl halides is 3. The molecule has 2 atom stereocenters. The maximum absolute atomic E-state index is 12.6. The Morgan fingerprint density at radius 1 is 1.32 bits per heavy atom. The lowest BCUT2D eigenvalue weighted by atomic mass is 9.68. The van der Waals surface area contributed by atoms with Crippen molar-refractivity contribution in [2.75, 3.05) is 0 Å². The number of halogens is 3. The Kier molecular flexibility index (Phi) is 4.00. The van der Waals surface area contributed by atoms with Crippen LogP contribution >= 0.6 is 0 Å². The summed E-state index contributed by atoms with van der Waals surface area (Å²) >= 11 is 0. The van der Waals surface area contributed by atoms with E-state index in [0.717, 1.165) is 6.08 Å². The highest BCUT2D eigenvalue weighted by Gasteiger charge is 2.48. The number of carbonyl (C=O) groups is 1. The van der Waals surface area contributed by atoms with E-state index in [-0.39, 0.29) is 0 Å². The highest BCUT2D eigenvalue weighted by Crippen LogP contribution is 2.46. The number of terminal acetylenes is 1. The molecule has 0 aromatic heterocycles. The zero-order valence-corrected chi connectivity index (χ0v) is 11.3. The maximum Gasteiger partial charge on any atom is 0.572 e. The van der Waals surface area contributed by atoms with Crippen LogP contribution in [0.15, 0.2) is 54.3 Å². The van der Waals surface area contributed by atoms with E-state index in [4.69, 9.17) is 12.2 Å². The third-order valence-electron chi connectivity index (χ3n) is 3.37. The number of benzene rings is 1. The van der Waals surface area contributed by atoms with Crippen LogP contribution in [-0.2, 0) is 9.53 Å². The van der Waals surface area contributed by atoms with E-state index in [9.17, 15) is 18.0 Å². The molecule has 0 saturated carbocycles. The van der Waals surface area contributed by atoms with Gasteiger partial charge in [0.05, 0.1) is 5.92 Å². The number of primary amides is 1. The Morgan fingerprint density at radius 3 is 2.45 bits per heavy atom. The van der Waals surface area contributed by atoms with Gasteiger partial charge in [-0.15, -0.1) is 19.6 Å². The molecule has 0 radical (unpaired) electrons. The molecule has 2 unspecified atom stereocenters. The second-order valence-electron chi connectivity index (χ2n) is 4.70. The van der Waals surface area contributed by atoms with Gasteiger partial charge in [0.2, 0.25) is 5.91 Å². The third kappa shape index (κ3) is 2.84. The van der Waals surface area contributed by atoms with Crippen LogP contribution in [0.5, 0.6) is 0 Å². The molecule has 0 aliphatic heterocycles. The largest absolute Gasteiger partial charge is 0.572 e. The van der Waals surface area contributed by atoms with E-state index >= 15 is 0 Å². The Balaban J connectivity index is 2.60. The van der Waals surface area contributed by atoms with Crippen molar-refractivity contribution in [1.29, 1.82) is 0 Å². The van der Waals surface area contributed by atoms with Gasteiger partial charge in [0.1, 0.15) is 11.2 Å². The van der Waals surface area contributed by atoms with E-state index in [1.807, 2.05) is 0 Å². The van der Waals surface area contributed by atoms with Crippen molar-refractivity contribution in [1.82, 2.24) is 0 Å². The van der Waals surface area contributed by atoms with Gasteiger partial charge in [-0.3, -0.25) is 4.79 Å². The molecule has 1 amide bonds. The topological polar surface area (TPSA) is 52.3 Å². The van der Waals surface area contributed by atoms with Crippen LogP contribution < -0.4 is 5.73 Å². The predicted molar refractivity (Wildman–Crippen MR) is 74.0 cm³/mol. The van der Waals surface area contributed by atoms with Crippen LogP contribution in [0.25, 0.3) is 0 Å². The second-order valence-corrected chi connectivity index (χ2v) is 4.70. The standard InChI is InChI=1S/C16H12F3NO2/c1-2-15(14(20)21)10-6-9-12(22-16(17,18)19)13(15)11-7-4-3-5-8-11/h1,3-10,13H,(H2,20,21). The average molecular weight is 307 g/mol. The summed E-state index contributed by atoms with van der Waals surface area (Å²) in [7, 11) is 0. The fourth-order valence-electron chi connectivity index (χ4n) is 2.44. The molecule has 0 bridgehead atoms. The van der Waals surface area contributed by atoms with Crippen molar-refractivity contribution in [3.8, 4) is 12.3 Å². The molecule has 1 aliphatic carbocycles. The van der Waals surface area contributed by atoms with Crippen molar-refractivity contribution in [2.24, 2.45) is 11.1 Å². The summed E-state index contributed by atoms with van der Waals surface area (Å²) in [5, 5.41) is 0. The Labute approximate surface area is 125 Å². The normalized spacial score (nSPS) is 24.3. The molecule has 0 fully saturated rings. The van der Waals surface area contributed by atoms with E-state index in [1.165, 1.54) is 12.2 Å². The molecule has 1 aromatic rings. The summed E-state index contributed by atoms with van der Waals surface area (Å²) < 4.78 is 42.0. The quantitative estimate of drug-likeness (QED) is 0.873. The highest BCUT2D eigenvalue weighted by molar-refractivity contribution is 5.89. The fourth-order valence-corrected chi connectivity index (χ4v) is 2.44. The monoisotopic (exact) mass is 307 g/mol. The van der Waals surface area contributed by atoms with Crippen molar-refractivity contribution in [3.63, 3.8) is 0 Å². The van der Waals surface area contributed by atoms with E-state index < -0.39 is 29.4 Å². The molecule has 2 rings (SSSR count). The first kappa shape index (κ1) is 15.7. The number of rotatable bonds is 3. The van der Waals surface area contributed by atoms with Crippen molar-refractivity contribution in [3.05, 3.63) is 59.9 Å². The number of carbonyl (C=O) groups excluding carboxylic acids is 1. The molecular weight excluding hydrogens is 295 g/mol. The first-order chi connectivity index (χ1) is 10.3. The molecule has 0 spiro atoms. The highest BCUT2D eigenvalue weighted by atomic mass is 19.4. The summed E-state index contributed by atoms with van der Waals surface area (Å²) in [6.07, 6.45) is 4.21. The Bertz CT molecular complexity index is 671. The smallest absolute Gasteiger partial charge is 0.410 e. The predicted octanol–water partition coefficient (Wildman–Crippen LogP) is 2.87. The first-order valence-corrected chi connectivity index (χ1v) is 6.28. The summed E-state index contributed by atoms with van der Waals surface area (Å²) in [6.45, 7) is 0. The van der Waals surface area contributed by atoms with Gasteiger partial charge in [0.15, 0.2) is 0 Å². The Hall–Kier alpha value is -2.68. The number of nitrogens with two attached hydrogens (primary N) is 1. The zero-order chi connectivity index (χ0) is 16.4. The molecule has 2 N–H and O–H groups in total. The first-order valence-electron chi connectivity index (χ1n) is 6.28. The van der Waals surface area contributed by atoms with Crippen LogP contribution in [0.3, 0.4) is 0 Å². The third-order valence-corrected chi connectivity index (χ3v) is 3.37. The van der Waals surface area contributed by atoms with Crippen molar-refractivity contribution in [2.45, 2.75) is 12.3 Å². The number of allylic oxidation sites excluding steroid dienone is 3. The maximum atomic E-state index is 12.6. The SMILES string of the molecule is C#CC1(C(N)=O)C=CC=C(OC(F)(F)F)C1c1ccccc1. The van der Waals surface area contributed by atoms with Crippen LogP contribution in [0.2, 0.25) is 0 Å². The van der Waals surface area contributed by atoms with Crippen LogP contribution in [0.4, 0.5) is 13.2 Å². The average Bonchev–Trinajstić information content (AvgIpc) is 2.45. The summed E-state index contributed by atoms with van der Waals surface area (Å²) in [4.78, 5) is 11.9. The van der Waals surface area contributed by atoms with Gasteiger partial charge >= 0.3 is 6.36 Å². The van der Waals surface area contributed by atoms with E-state index in [2.05, 4.69) is 10.7 Å². The minimum absolute atomic E-state index is 0.402. The summed E-state index contributed by atoms with van der Waals surface area (Å²) in [6, 6.07) is 8.07. The molecule has 0 saturated heterocycles. The lowest BCUT2D eigenvalue weighted by molar-refractivity contribution is -0.308. The molecule has 1 aliphatic rings. The minimum atomic E-state index is -4.90. The number of hydrogen-bond donors (Lipinski definition) is 1. The molecule has 6 heteroatoms. The van der Waals surface area contributed by atoms with Gasteiger partial charge in [0, 0.05) is 0 Å². The number of amides is 1. The minimum Gasteiger partial charge on any atom is -0.410 e. The van der Waals surface area contributed by atoms with Gasteiger partial charge in [-0.05, 0) is 11.6 Å². The van der Waals surface area contributed by atoms with Gasteiger partial charge in [-0.25, -0.2) is 0 Å². The van der Waals surface area contributed by atoms with Crippen LogP contribution in [-0.4, -0.2) is 12.3 Å². The molecule has 0 heterocycles. The second kappa shape index (κ2) is 5.60. The zero-order valence-electron chi connectivity index (χ0n) is 11.3. The molecule has 1 aromatic carbocycles. The number of hydrogen-bond acceptors (Lipinski definition) is 2. The fraction of sp³-hybridized carbons (Fsp3) is 0.188. The van der Waals surface area contributed by atoms with Crippen LogP contribution in [0.1, 0.15) is 11.5 Å². The van der Waals surface area contributed by atoms with Gasteiger partial charge in [0.25, 0.3) is 0 Å². The molecule has 3 nitrogen and oxygen atoms in total. The van der Waals surface area contributed by atoms with Gasteiger partial charge < -0.3 is 10.5 Å². The van der Waals surface area contributed by atoms with Crippen LogP contribution in [0, 0.1) is 17.8 Å². The molecule has 22 heavy (non-hydrogen) atoms. The van der Waals surface area contributed by atoms with Gasteiger partial charge in [-0.1, -0.05) is 48.4 Å². The lowest BCUT2D eigenvalue weighted by Gasteiger charge is -2.35. The van der Waals surface area contributed by atoms with E-state index in [0.29, 0.717) is 5.56 Å². The summed E-state index contributed by atoms with van der Waals surface area (Å²) in [5.74, 6) is -0.313. The summed E-state index contributed by atoms with van der Waals surface area (Å²) in [5.41, 5.74) is 4.05. The number of ether oxygens (including phenoxy) is 1. The van der Waals surface area contributed by atoms with Crippen molar-refractivity contribution >= 4 is 5.91 Å². The van der Waals surface area contributed by atoms with Gasteiger partial charge in [-0.2, -0.15) is 0 Å². The van der Waals surface area contributed by atoms with E-state index in [1.54, 1.807) is 30.3 Å². The molecule has 114 valence electrons. The van der Waals surface area contributed by atoms with Crippen molar-refractivity contribution < 1.29 is 22.7 Å². The Morgan fingerprint density at radius 2 is 1.95 bits per heavy atom.